The highest BCUT2D eigenvalue weighted by Crippen LogP contribution is 2.34. The van der Waals surface area contributed by atoms with Crippen LogP contribution < -0.4 is 21.3 Å². The summed E-state index contributed by atoms with van der Waals surface area (Å²) in [7, 11) is 0. The zero-order chi connectivity index (χ0) is 36.5. The maximum Gasteiger partial charge on any atom is 0.253 e. The molecular formula is C38H53N5O7. The molecule has 4 amide bonds. The van der Waals surface area contributed by atoms with E-state index in [4.69, 9.17) is 0 Å². The number of hydrogen-bond acceptors (Lipinski definition) is 8. The van der Waals surface area contributed by atoms with Gasteiger partial charge in [-0.3, -0.25) is 24.2 Å². The number of fused-ring (bicyclic) bond motifs is 1. The van der Waals surface area contributed by atoms with E-state index in [1.54, 1.807) is 13.0 Å². The van der Waals surface area contributed by atoms with E-state index in [9.17, 15) is 34.5 Å². The van der Waals surface area contributed by atoms with E-state index < -0.39 is 60.0 Å². The van der Waals surface area contributed by atoms with Crippen LogP contribution >= 0.6 is 0 Å². The number of aromatic nitrogens is 1. The normalized spacial score (nSPS) is 20.2. The molecule has 12 nitrogen and oxygen atoms in total. The second kappa shape index (κ2) is 17.7. The SMILES string of the molecule is CC(C)C[C@H](NC(=O)[C@H](CCO)NC(=O)c1cnc2ccccc2c1)[C@@H](O)C[C@@H](C)C(=O)N[C@H](C(=O)N[C@H]1C2=C(C=CCC2)C[C@H]1O)C(C)C. The largest absolute Gasteiger partial charge is 0.396 e. The zero-order valence-electron chi connectivity index (χ0n) is 29.7. The van der Waals surface area contributed by atoms with Gasteiger partial charge in [0.05, 0.1) is 35.4 Å². The third-order valence-electron chi connectivity index (χ3n) is 9.50. The minimum absolute atomic E-state index is 0.000358. The first-order chi connectivity index (χ1) is 23.8. The number of allylic oxidation sites excluding steroid dienone is 2. The Balaban J connectivity index is 1.37. The number of rotatable bonds is 16. The lowest BCUT2D eigenvalue weighted by Gasteiger charge is -2.30. The number of carbonyl (C=O) groups is 4. The van der Waals surface area contributed by atoms with Crippen molar-refractivity contribution in [2.75, 3.05) is 6.61 Å². The van der Waals surface area contributed by atoms with Crippen molar-refractivity contribution < 1.29 is 34.5 Å². The summed E-state index contributed by atoms with van der Waals surface area (Å²) in [6, 6.07) is 5.83. The van der Waals surface area contributed by atoms with Crippen LogP contribution in [0, 0.1) is 17.8 Å². The highest BCUT2D eigenvalue weighted by molar-refractivity contribution is 5.99. The molecule has 0 saturated carbocycles. The van der Waals surface area contributed by atoms with Gasteiger partial charge in [-0.15, -0.1) is 0 Å². The number of nitrogens with one attached hydrogen (secondary N) is 4. The Hall–Kier alpha value is -4.13. The minimum Gasteiger partial charge on any atom is -0.396 e. The molecule has 12 heteroatoms. The van der Waals surface area contributed by atoms with Crippen LogP contribution in [0.5, 0.6) is 0 Å². The van der Waals surface area contributed by atoms with Crippen LogP contribution in [0.25, 0.3) is 10.9 Å². The van der Waals surface area contributed by atoms with Crippen molar-refractivity contribution in [1.29, 1.82) is 0 Å². The van der Waals surface area contributed by atoms with Gasteiger partial charge < -0.3 is 36.6 Å². The molecule has 4 rings (SSSR count). The summed E-state index contributed by atoms with van der Waals surface area (Å²) in [6.07, 6.45) is 6.09. The summed E-state index contributed by atoms with van der Waals surface area (Å²) in [5.41, 5.74) is 3.07. The Morgan fingerprint density at radius 1 is 0.960 bits per heavy atom. The van der Waals surface area contributed by atoms with Crippen LogP contribution in [0.15, 0.2) is 59.8 Å². The van der Waals surface area contributed by atoms with E-state index in [0.717, 1.165) is 34.9 Å². The summed E-state index contributed by atoms with van der Waals surface area (Å²) in [6.45, 7) is 8.84. The molecule has 50 heavy (non-hydrogen) atoms. The van der Waals surface area contributed by atoms with Crippen molar-refractivity contribution in [1.82, 2.24) is 26.3 Å². The molecule has 7 N–H and O–H groups in total. The number of nitrogens with zero attached hydrogens (tertiary/aromatic N) is 1. The number of amides is 4. The number of hydrogen-bond donors (Lipinski definition) is 7. The van der Waals surface area contributed by atoms with E-state index in [2.05, 4.69) is 32.3 Å². The molecule has 0 bridgehead atoms. The maximum absolute atomic E-state index is 13.5. The van der Waals surface area contributed by atoms with Gasteiger partial charge >= 0.3 is 0 Å². The number of carbonyl (C=O) groups excluding carboxylic acids is 4. The van der Waals surface area contributed by atoms with Crippen molar-refractivity contribution in [3.63, 3.8) is 0 Å². The van der Waals surface area contributed by atoms with E-state index in [0.29, 0.717) is 12.8 Å². The summed E-state index contributed by atoms with van der Waals surface area (Å²) in [4.78, 5) is 57.7. The first-order valence-corrected chi connectivity index (χ1v) is 17.7. The Kier molecular flexibility index (Phi) is 13.7. The zero-order valence-corrected chi connectivity index (χ0v) is 29.7. The molecule has 2 aliphatic rings. The van der Waals surface area contributed by atoms with Gasteiger partial charge in [0.2, 0.25) is 17.7 Å². The van der Waals surface area contributed by atoms with Gasteiger partial charge in [-0.1, -0.05) is 65.0 Å². The van der Waals surface area contributed by atoms with Gasteiger partial charge in [-0.05, 0) is 67.2 Å². The molecule has 0 aliphatic heterocycles. The first kappa shape index (κ1) is 38.7. The Bertz CT molecular complexity index is 1590. The number of benzene rings is 1. The number of pyridine rings is 1. The molecule has 0 spiro atoms. The van der Waals surface area contributed by atoms with Gasteiger partial charge in [0, 0.05) is 30.5 Å². The lowest BCUT2D eigenvalue weighted by Crippen LogP contribution is -2.55. The second-order valence-corrected chi connectivity index (χ2v) is 14.4. The molecular weight excluding hydrogens is 638 g/mol. The summed E-state index contributed by atoms with van der Waals surface area (Å²) >= 11 is 0. The standard InChI is InChI=1S/C38H53N5O7/c1-21(2)16-30(41-37(49)29(14-15-44)40-36(48)26-18-25-11-7-9-13-28(25)39-20-26)31(45)17-23(5)35(47)42-33(22(3)4)38(50)43-34-27-12-8-6-10-24(27)19-32(34)46/h6-7,9-11,13,18,20-23,29-34,44-46H,8,12,14-17,19H2,1-5H3,(H,40,48)(H,41,49)(H,42,47)(H,43,50)/t23-,29+,30+,31+,32-,33+,34+/m1/s1. The van der Waals surface area contributed by atoms with Gasteiger partial charge in [0.15, 0.2) is 0 Å². The molecule has 0 fully saturated rings. The summed E-state index contributed by atoms with van der Waals surface area (Å²) in [5.74, 6) is -2.78. The average Bonchev–Trinajstić information content (AvgIpc) is 3.39. The minimum atomic E-state index is -1.12. The highest BCUT2D eigenvalue weighted by Gasteiger charge is 2.37. The summed E-state index contributed by atoms with van der Waals surface area (Å²) in [5, 5.41) is 43.8. The van der Waals surface area contributed by atoms with Crippen molar-refractivity contribution in [3.8, 4) is 0 Å². The average molecular weight is 692 g/mol. The van der Waals surface area contributed by atoms with Crippen LogP contribution in [0.4, 0.5) is 0 Å². The van der Waals surface area contributed by atoms with Gasteiger partial charge in [-0.2, -0.15) is 0 Å². The smallest absolute Gasteiger partial charge is 0.253 e. The van der Waals surface area contributed by atoms with Crippen LogP contribution in [-0.4, -0.2) is 86.9 Å². The monoisotopic (exact) mass is 691 g/mol. The lowest BCUT2D eigenvalue weighted by molar-refractivity contribution is -0.133. The van der Waals surface area contributed by atoms with Crippen LogP contribution in [0.2, 0.25) is 0 Å². The fraction of sp³-hybridized carbons (Fsp3) is 0.553. The summed E-state index contributed by atoms with van der Waals surface area (Å²) < 4.78 is 0. The van der Waals surface area contributed by atoms with Crippen LogP contribution in [-0.2, 0) is 14.4 Å². The predicted octanol–water partition coefficient (Wildman–Crippen LogP) is 2.67. The lowest BCUT2D eigenvalue weighted by atomic mass is 9.91. The van der Waals surface area contributed by atoms with Crippen molar-refractivity contribution in [2.24, 2.45) is 17.8 Å². The van der Waals surface area contributed by atoms with E-state index >= 15 is 0 Å². The van der Waals surface area contributed by atoms with Crippen molar-refractivity contribution in [2.45, 2.75) is 110 Å². The molecule has 2 aromatic rings. The Labute approximate surface area is 294 Å². The fourth-order valence-electron chi connectivity index (χ4n) is 6.69. The molecule has 1 aromatic heterocycles. The number of aliphatic hydroxyl groups excluding tert-OH is 3. The molecule has 272 valence electrons. The topological polar surface area (TPSA) is 190 Å². The van der Waals surface area contributed by atoms with Gasteiger partial charge in [0.25, 0.3) is 5.91 Å². The second-order valence-electron chi connectivity index (χ2n) is 14.4. The van der Waals surface area contributed by atoms with Gasteiger partial charge in [0.1, 0.15) is 12.1 Å². The molecule has 1 aromatic carbocycles. The van der Waals surface area contributed by atoms with E-state index in [-0.39, 0.29) is 42.8 Å². The molecule has 0 radical (unpaired) electrons. The van der Waals surface area contributed by atoms with Crippen molar-refractivity contribution >= 4 is 34.5 Å². The fourth-order valence-corrected chi connectivity index (χ4v) is 6.69. The first-order valence-electron chi connectivity index (χ1n) is 17.7. The molecule has 2 aliphatic carbocycles. The van der Waals surface area contributed by atoms with E-state index in [1.807, 2.05) is 58.0 Å². The van der Waals surface area contributed by atoms with Crippen molar-refractivity contribution in [3.05, 3.63) is 65.4 Å². The molecule has 7 atom stereocenters. The molecule has 1 heterocycles. The van der Waals surface area contributed by atoms with Gasteiger partial charge in [-0.25, -0.2) is 0 Å². The quantitative estimate of drug-likeness (QED) is 0.140. The van der Waals surface area contributed by atoms with Crippen LogP contribution in [0.1, 0.15) is 83.5 Å². The third kappa shape index (κ3) is 9.98. The van der Waals surface area contributed by atoms with E-state index in [1.165, 1.54) is 6.20 Å². The number of para-hydroxylation sites is 1. The molecule has 0 saturated heterocycles. The predicted molar refractivity (Wildman–Crippen MR) is 191 cm³/mol. The third-order valence-corrected chi connectivity index (χ3v) is 9.50. The number of aliphatic hydroxyl groups is 3. The Morgan fingerprint density at radius 3 is 2.40 bits per heavy atom. The molecule has 0 unspecified atom stereocenters. The Morgan fingerprint density at radius 2 is 1.70 bits per heavy atom. The maximum atomic E-state index is 13.5. The van der Waals surface area contributed by atoms with Crippen LogP contribution in [0.3, 0.4) is 0 Å². The highest BCUT2D eigenvalue weighted by atomic mass is 16.3.